The first-order valence-corrected chi connectivity index (χ1v) is 5.32. The normalized spacial score (nSPS) is 21.3. The fourth-order valence-electron chi connectivity index (χ4n) is 1.81. The molecule has 2 rings (SSSR count). The maximum Gasteiger partial charge on any atom is 0.254 e. The van der Waals surface area contributed by atoms with Crippen molar-refractivity contribution in [1.29, 1.82) is 0 Å². The van der Waals surface area contributed by atoms with Crippen LogP contribution in [-0.4, -0.2) is 25.0 Å². The van der Waals surface area contributed by atoms with Crippen molar-refractivity contribution in [2.24, 2.45) is 0 Å². The Kier molecular flexibility index (Phi) is 3.06. The molecular weight excluding hydrogens is 192 g/mol. The maximum atomic E-state index is 11.7. The number of aryl methyl sites for hydroxylation is 1. The second-order valence-electron chi connectivity index (χ2n) is 3.96. The van der Waals surface area contributed by atoms with Gasteiger partial charge in [0.2, 0.25) is 0 Å². The number of carbonyl (C=O) groups excluding carboxylic acids is 1. The van der Waals surface area contributed by atoms with Gasteiger partial charge in [-0.25, -0.2) is 0 Å². The van der Waals surface area contributed by atoms with Gasteiger partial charge in [0, 0.05) is 12.6 Å². The van der Waals surface area contributed by atoms with Crippen molar-refractivity contribution < 1.29 is 9.21 Å². The highest BCUT2D eigenvalue weighted by Crippen LogP contribution is 2.08. The highest BCUT2D eigenvalue weighted by atomic mass is 16.3. The summed E-state index contributed by atoms with van der Waals surface area (Å²) >= 11 is 0. The van der Waals surface area contributed by atoms with Crippen molar-refractivity contribution >= 4 is 5.91 Å². The molecule has 1 aromatic rings. The lowest BCUT2D eigenvalue weighted by molar-refractivity contribution is 0.0930. The van der Waals surface area contributed by atoms with E-state index in [0.717, 1.165) is 31.7 Å². The molecule has 4 nitrogen and oxygen atoms in total. The van der Waals surface area contributed by atoms with Crippen molar-refractivity contribution in [3.8, 4) is 0 Å². The lowest BCUT2D eigenvalue weighted by Crippen LogP contribution is -2.45. The van der Waals surface area contributed by atoms with E-state index in [-0.39, 0.29) is 11.9 Å². The van der Waals surface area contributed by atoms with Crippen LogP contribution in [0.5, 0.6) is 0 Å². The molecule has 1 aliphatic heterocycles. The summed E-state index contributed by atoms with van der Waals surface area (Å²) in [7, 11) is 0. The number of amides is 1. The Morgan fingerprint density at radius 1 is 1.67 bits per heavy atom. The number of carbonyl (C=O) groups is 1. The lowest BCUT2D eigenvalue weighted by Gasteiger charge is -2.23. The van der Waals surface area contributed by atoms with E-state index in [1.54, 1.807) is 6.07 Å². The first-order chi connectivity index (χ1) is 7.25. The van der Waals surface area contributed by atoms with E-state index in [9.17, 15) is 4.79 Å². The Morgan fingerprint density at radius 2 is 2.53 bits per heavy atom. The molecule has 0 spiro atoms. The minimum absolute atomic E-state index is 0.0412. The van der Waals surface area contributed by atoms with Crippen LogP contribution < -0.4 is 10.6 Å². The molecule has 0 aliphatic carbocycles. The van der Waals surface area contributed by atoms with Gasteiger partial charge >= 0.3 is 0 Å². The SMILES string of the molecule is Cc1cc(C(=O)NC2CCCNC2)co1. The van der Waals surface area contributed by atoms with Gasteiger partial charge in [-0.05, 0) is 32.4 Å². The van der Waals surface area contributed by atoms with Crippen LogP contribution in [0.3, 0.4) is 0 Å². The van der Waals surface area contributed by atoms with Gasteiger partial charge in [-0.2, -0.15) is 0 Å². The summed E-state index contributed by atoms with van der Waals surface area (Å²) in [6, 6.07) is 2.01. The number of piperidine rings is 1. The van der Waals surface area contributed by atoms with Gasteiger partial charge in [-0.3, -0.25) is 4.79 Å². The zero-order valence-electron chi connectivity index (χ0n) is 8.88. The summed E-state index contributed by atoms with van der Waals surface area (Å²) in [4.78, 5) is 11.7. The first kappa shape index (κ1) is 10.2. The van der Waals surface area contributed by atoms with Gasteiger partial charge in [0.15, 0.2) is 0 Å². The van der Waals surface area contributed by atoms with Crippen LogP contribution in [0.15, 0.2) is 16.7 Å². The van der Waals surface area contributed by atoms with E-state index in [0.29, 0.717) is 5.56 Å². The number of hydrogen-bond donors (Lipinski definition) is 2. The summed E-state index contributed by atoms with van der Waals surface area (Å²) in [5.74, 6) is 0.725. The number of hydrogen-bond acceptors (Lipinski definition) is 3. The Labute approximate surface area is 89.0 Å². The standard InChI is InChI=1S/C11H16N2O2/c1-8-5-9(7-15-8)11(14)13-10-3-2-4-12-6-10/h5,7,10,12H,2-4,6H2,1H3,(H,13,14). The van der Waals surface area contributed by atoms with Crippen LogP contribution in [0.2, 0.25) is 0 Å². The topological polar surface area (TPSA) is 54.3 Å². The molecule has 4 heteroatoms. The van der Waals surface area contributed by atoms with Gasteiger partial charge in [-0.1, -0.05) is 0 Å². The van der Waals surface area contributed by atoms with E-state index in [1.807, 2.05) is 6.92 Å². The predicted molar refractivity (Wildman–Crippen MR) is 56.8 cm³/mol. The molecule has 0 radical (unpaired) electrons. The average Bonchev–Trinajstić information content (AvgIpc) is 2.66. The van der Waals surface area contributed by atoms with Crippen molar-refractivity contribution in [3.63, 3.8) is 0 Å². The second kappa shape index (κ2) is 4.49. The monoisotopic (exact) mass is 208 g/mol. The third-order valence-electron chi connectivity index (χ3n) is 2.62. The zero-order valence-corrected chi connectivity index (χ0v) is 8.88. The molecule has 1 aliphatic rings. The number of furan rings is 1. The summed E-state index contributed by atoms with van der Waals surface area (Å²) in [6.45, 7) is 3.75. The van der Waals surface area contributed by atoms with Gasteiger partial charge in [-0.15, -0.1) is 0 Å². The Balaban J connectivity index is 1.91. The quantitative estimate of drug-likeness (QED) is 0.764. The average molecular weight is 208 g/mol. The molecule has 1 aromatic heterocycles. The number of rotatable bonds is 2. The molecule has 15 heavy (non-hydrogen) atoms. The minimum atomic E-state index is -0.0412. The summed E-state index contributed by atoms with van der Waals surface area (Å²) < 4.78 is 5.10. The van der Waals surface area contributed by atoms with Gasteiger partial charge < -0.3 is 15.1 Å². The van der Waals surface area contributed by atoms with Gasteiger partial charge in [0.1, 0.15) is 12.0 Å². The summed E-state index contributed by atoms with van der Waals surface area (Å²) in [6.07, 6.45) is 3.67. The Morgan fingerprint density at radius 3 is 3.13 bits per heavy atom. The van der Waals surface area contributed by atoms with Crippen molar-refractivity contribution in [3.05, 3.63) is 23.7 Å². The van der Waals surface area contributed by atoms with Crippen LogP contribution in [0, 0.1) is 6.92 Å². The lowest BCUT2D eigenvalue weighted by atomic mass is 10.1. The van der Waals surface area contributed by atoms with Crippen LogP contribution in [0.4, 0.5) is 0 Å². The highest BCUT2D eigenvalue weighted by Gasteiger charge is 2.17. The van der Waals surface area contributed by atoms with Gasteiger partial charge in [0.05, 0.1) is 5.56 Å². The van der Waals surface area contributed by atoms with E-state index >= 15 is 0 Å². The van der Waals surface area contributed by atoms with Crippen LogP contribution in [0.1, 0.15) is 29.0 Å². The molecule has 1 atom stereocenters. The van der Waals surface area contributed by atoms with E-state index in [1.165, 1.54) is 6.26 Å². The Bertz CT molecular complexity index is 340. The molecule has 1 saturated heterocycles. The van der Waals surface area contributed by atoms with Gasteiger partial charge in [0.25, 0.3) is 5.91 Å². The largest absolute Gasteiger partial charge is 0.469 e. The van der Waals surface area contributed by atoms with Crippen molar-refractivity contribution in [1.82, 2.24) is 10.6 Å². The predicted octanol–water partition coefficient (Wildman–Crippen LogP) is 1.07. The fourth-order valence-corrected chi connectivity index (χ4v) is 1.81. The molecule has 1 unspecified atom stereocenters. The van der Waals surface area contributed by atoms with E-state index in [2.05, 4.69) is 10.6 Å². The highest BCUT2D eigenvalue weighted by molar-refractivity contribution is 5.94. The van der Waals surface area contributed by atoms with Crippen molar-refractivity contribution in [2.75, 3.05) is 13.1 Å². The first-order valence-electron chi connectivity index (χ1n) is 5.32. The fraction of sp³-hybridized carbons (Fsp3) is 0.545. The molecule has 1 amide bonds. The molecule has 2 heterocycles. The maximum absolute atomic E-state index is 11.7. The number of nitrogens with one attached hydrogen (secondary N) is 2. The molecule has 0 saturated carbocycles. The molecule has 1 fully saturated rings. The third kappa shape index (κ3) is 2.59. The van der Waals surface area contributed by atoms with E-state index < -0.39 is 0 Å². The molecule has 82 valence electrons. The molecule has 0 aromatic carbocycles. The van der Waals surface area contributed by atoms with Crippen LogP contribution in [-0.2, 0) is 0 Å². The van der Waals surface area contributed by atoms with Crippen LogP contribution in [0.25, 0.3) is 0 Å². The Hall–Kier alpha value is -1.29. The molecule has 2 N–H and O–H groups in total. The second-order valence-corrected chi connectivity index (χ2v) is 3.96. The minimum Gasteiger partial charge on any atom is -0.469 e. The zero-order chi connectivity index (χ0) is 10.7. The van der Waals surface area contributed by atoms with Crippen molar-refractivity contribution in [2.45, 2.75) is 25.8 Å². The summed E-state index contributed by atoms with van der Waals surface area (Å²) in [5.41, 5.74) is 0.609. The summed E-state index contributed by atoms with van der Waals surface area (Å²) in [5, 5.41) is 6.25. The van der Waals surface area contributed by atoms with Crippen LogP contribution >= 0.6 is 0 Å². The van der Waals surface area contributed by atoms with E-state index in [4.69, 9.17) is 4.42 Å². The molecule has 0 bridgehead atoms. The molecular formula is C11H16N2O2. The smallest absolute Gasteiger partial charge is 0.254 e. The third-order valence-corrected chi connectivity index (χ3v) is 2.62.